The highest BCUT2D eigenvalue weighted by atomic mass is 19.1. The summed E-state index contributed by atoms with van der Waals surface area (Å²) in [5.74, 6) is 0.122. The van der Waals surface area contributed by atoms with Gasteiger partial charge in [-0.25, -0.2) is 13.8 Å². The molecule has 0 saturated heterocycles. The molecule has 2 heterocycles. The second-order valence-corrected chi connectivity index (χ2v) is 7.51. The van der Waals surface area contributed by atoms with Gasteiger partial charge in [-0.15, -0.1) is 0 Å². The molecule has 0 spiro atoms. The van der Waals surface area contributed by atoms with E-state index in [1.54, 1.807) is 7.05 Å². The first-order valence-corrected chi connectivity index (χ1v) is 10.2. The van der Waals surface area contributed by atoms with Crippen LogP contribution in [0.2, 0.25) is 0 Å². The number of carbonyl (C=O) groups is 1. The first-order chi connectivity index (χ1) is 15.4. The van der Waals surface area contributed by atoms with Crippen molar-refractivity contribution in [3.63, 3.8) is 0 Å². The number of carbonyl (C=O) groups excluding carboxylic acids is 1. The van der Waals surface area contributed by atoms with Gasteiger partial charge >= 0.3 is 0 Å². The van der Waals surface area contributed by atoms with Crippen molar-refractivity contribution in [2.24, 2.45) is 0 Å². The van der Waals surface area contributed by atoms with Crippen molar-refractivity contribution < 1.29 is 27.5 Å². The van der Waals surface area contributed by atoms with Gasteiger partial charge in [0.2, 0.25) is 12.7 Å². The Labute approximate surface area is 184 Å². The Hall–Kier alpha value is -3.46. The molecule has 1 aliphatic rings. The van der Waals surface area contributed by atoms with Crippen LogP contribution in [-0.2, 0) is 19.6 Å². The molecule has 168 valence electrons. The van der Waals surface area contributed by atoms with Crippen molar-refractivity contribution in [2.75, 3.05) is 20.4 Å². The van der Waals surface area contributed by atoms with Crippen LogP contribution in [0.4, 0.5) is 8.78 Å². The number of aromatic nitrogens is 1. The second-order valence-electron chi connectivity index (χ2n) is 7.51. The number of oxazole rings is 1. The smallest absolute Gasteiger partial charge is 0.275 e. The molecule has 1 aromatic heterocycles. The zero-order valence-electron chi connectivity index (χ0n) is 17.8. The third kappa shape index (κ3) is 4.88. The SMILES string of the molecule is CCN(C)C(=O)c1coc(CN(Cc2ccc3c(c2)OCO3)Cc2ccc(F)cc2F)n1. The first-order valence-electron chi connectivity index (χ1n) is 10.2. The van der Waals surface area contributed by atoms with Gasteiger partial charge in [0.15, 0.2) is 17.2 Å². The molecule has 0 aliphatic carbocycles. The number of rotatable bonds is 8. The first kappa shape index (κ1) is 21.8. The van der Waals surface area contributed by atoms with E-state index in [4.69, 9.17) is 13.9 Å². The highest BCUT2D eigenvalue weighted by Gasteiger charge is 2.20. The maximum Gasteiger partial charge on any atom is 0.275 e. The number of amides is 1. The molecular formula is C23H23F2N3O4. The maximum atomic E-state index is 14.3. The number of halogens is 2. The minimum absolute atomic E-state index is 0.169. The monoisotopic (exact) mass is 443 g/mol. The average Bonchev–Trinajstić information content (AvgIpc) is 3.43. The molecule has 0 unspecified atom stereocenters. The highest BCUT2D eigenvalue weighted by Crippen LogP contribution is 2.33. The number of hydrogen-bond acceptors (Lipinski definition) is 6. The van der Waals surface area contributed by atoms with Crippen LogP contribution in [0.3, 0.4) is 0 Å². The summed E-state index contributed by atoms with van der Waals surface area (Å²) < 4.78 is 43.9. The zero-order valence-corrected chi connectivity index (χ0v) is 17.8. The summed E-state index contributed by atoms with van der Waals surface area (Å²) in [5.41, 5.74) is 1.45. The quantitative estimate of drug-likeness (QED) is 0.525. The lowest BCUT2D eigenvalue weighted by Crippen LogP contribution is -2.27. The molecule has 4 rings (SSSR count). The Kier molecular flexibility index (Phi) is 6.36. The van der Waals surface area contributed by atoms with Crippen LogP contribution in [0.15, 0.2) is 47.1 Å². The van der Waals surface area contributed by atoms with E-state index >= 15 is 0 Å². The van der Waals surface area contributed by atoms with Crippen LogP contribution in [0.5, 0.6) is 11.5 Å². The van der Waals surface area contributed by atoms with E-state index in [2.05, 4.69) is 4.98 Å². The fourth-order valence-corrected chi connectivity index (χ4v) is 3.37. The molecular weight excluding hydrogens is 420 g/mol. The topological polar surface area (TPSA) is 68.0 Å². The summed E-state index contributed by atoms with van der Waals surface area (Å²) in [4.78, 5) is 20.0. The minimum atomic E-state index is -0.635. The van der Waals surface area contributed by atoms with Crippen LogP contribution < -0.4 is 9.47 Å². The molecule has 1 amide bonds. The van der Waals surface area contributed by atoms with Crippen LogP contribution in [-0.4, -0.2) is 41.1 Å². The standard InChI is InChI=1S/C23H23F2N3O4/c1-3-27(2)23(29)19-13-30-22(26-19)12-28(11-16-5-6-17(24)9-18(16)25)10-15-4-7-20-21(8-15)32-14-31-20/h4-9,13H,3,10-12,14H2,1-2H3. The van der Waals surface area contributed by atoms with E-state index in [-0.39, 0.29) is 31.5 Å². The fraction of sp³-hybridized carbons (Fsp3) is 0.304. The van der Waals surface area contributed by atoms with Gasteiger partial charge < -0.3 is 18.8 Å². The molecule has 2 aromatic carbocycles. The summed E-state index contributed by atoms with van der Waals surface area (Å²) in [6.45, 7) is 3.39. The summed E-state index contributed by atoms with van der Waals surface area (Å²) in [5, 5.41) is 0. The Morgan fingerprint density at radius 3 is 2.66 bits per heavy atom. The van der Waals surface area contributed by atoms with E-state index in [1.165, 1.54) is 23.3 Å². The predicted octanol–water partition coefficient (Wildman–Crippen LogP) is 3.98. The van der Waals surface area contributed by atoms with Gasteiger partial charge in [-0.1, -0.05) is 12.1 Å². The molecule has 7 nitrogen and oxygen atoms in total. The van der Waals surface area contributed by atoms with E-state index < -0.39 is 11.6 Å². The summed E-state index contributed by atoms with van der Waals surface area (Å²) in [6.07, 6.45) is 1.32. The van der Waals surface area contributed by atoms with Crippen LogP contribution in [0, 0.1) is 11.6 Å². The molecule has 3 aromatic rings. The van der Waals surface area contributed by atoms with Crippen LogP contribution in [0.25, 0.3) is 0 Å². The Morgan fingerprint density at radius 2 is 1.88 bits per heavy atom. The summed E-state index contributed by atoms with van der Waals surface area (Å²) in [7, 11) is 1.68. The minimum Gasteiger partial charge on any atom is -0.454 e. The second kappa shape index (κ2) is 9.35. The number of fused-ring (bicyclic) bond motifs is 1. The Balaban J connectivity index is 1.56. The molecule has 0 radical (unpaired) electrons. The normalized spacial score (nSPS) is 12.4. The lowest BCUT2D eigenvalue weighted by molar-refractivity contribution is 0.0796. The fourth-order valence-electron chi connectivity index (χ4n) is 3.37. The van der Waals surface area contributed by atoms with Gasteiger partial charge in [0, 0.05) is 38.3 Å². The van der Waals surface area contributed by atoms with Crippen molar-refractivity contribution in [3.05, 3.63) is 77.0 Å². The van der Waals surface area contributed by atoms with Crippen molar-refractivity contribution in [2.45, 2.75) is 26.6 Å². The molecule has 0 atom stereocenters. The van der Waals surface area contributed by atoms with Crippen LogP contribution in [0.1, 0.15) is 34.4 Å². The van der Waals surface area contributed by atoms with Crippen LogP contribution >= 0.6 is 0 Å². The van der Waals surface area contributed by atoms with E-state index in [1.807, 2.05) is 30.0 Å². The van der Waals surface area contributed by atoms with Crippen molar-refractivity contribution >= 4 is 5.91 Å². The lowest BCUT2D eigenvalue weighted by atomic mass is 10.1. The molecule has 0 fully saturated rings. The molecule has 0 N–H and O–H groups in total. The van der Waals surface area contributed by atoms with E-state index in [9.17, 15) is 13.6 Å². The van der Waals surface area contributed by atoms with Gasteiger partial charge in [-0.2, -0.15) is 0 Å². The third-order valence-electron chi connectivity index (χ3n) is 5.20. The maximum absolute atomic E-state index is 14.3. The molecule has 0 saturated carbocycles. The van der Waals surface area contributed by atoms with Crippen molar-refractivity contribution in [1.82, 2.24) is 14.8 Å². The average molecular weight is 443 g/mol. The van der Waals surface area contributed by atoms with Gasteiger partial charge in [-0.05, 0) is 30.7 Å². The molecule has 0 bridgehead atoms. The number of benzene rings is 2. The zero-order chi connectivity index (χ0) is 22.7. The molecule has 32 heavy (non-hydrogen) atoms. The third-order valence-corrected chi connectivity index (χ3v) is 5.20. The van der Waals surface area contributed by atoms with Gasteiger partial charge in [0.25, 0.3) is 5.91 Å². The van der Waals surface area contributed by atoms with Gasteiger partial charge in [-0.3, -0.25) is 9.69 Å². The van der Waals surface area contributed by atoms with E-state index in [0.29, 0.717) is 36.0 Å². The predicted molar refractivity (Wildman–Crippen MR) is 111 cm³/mol. The number of nitrogens with zero attached hydrogens (tertiary/aromatic N) is 3. The Morgan fingerprint density at radius 1 is 1.06 bits per heavy atom. The summed E-state index contributed by atoms with van der Waals surface area (Å²) in [6, 6.07) is 9.06. The number of ether oxygens (including phenoxy) is 2. The largest absolute Gasteiger partial charge is 0.454 e. The lowest BCUT2D eigenvalue weighted by Gasteiger charge is -2.21. The number of hydrogen-bond donors (Lipinski definition) is 0. The van der Waals surface area contributed by atoms with Crippen molar-refractivity contribution in [1.29, 1.82) is 0 Å². The van der Waals surface area contributed by atoms with Crippen molar-refractivity contribution in [3.8, 4) is 11.5 Å². The van der Waals surface area contributed by atoms with Gasteiger partial charge in [0.05, 0.1) is 6.54 Å². The van der Waals surface area contributed by atoms with E-state index in [0.717, 1.165) is 11.6 Å². The van der Waals surface area contributed by atoms with Gasteiger partial charge in [0.1, 0.15) is 17.9 Å². The highest BCUT2D eigenvalue weighted by molar-refractivity contribution is 5.91. The Bertz CT molecular complexity index is 1120. The summed E-state index contributed by atoms with van der Waals surface area (Å²) >= 11 is 0. The molecule has 1 aliphatic heterocycles. The molecule has 9 heteroatoms.